The molecule has 0 bridgehead atoms. The average molecular weight is 437 g/mol. The number of likely N-dealkylation sites (tertiary alicyclic amines) is 1. The van der Waals surface area contributed by atoms with Crippen molar-refractivity contribution < 1.29 is 9.53 Å². The fourth-order valence-electron chi connectivity index (χ4n) is 3.77. The number of benzene rings is 2. The Balaban J connectivity index is 0.00000300. The zero-order valence-electron chi connectivity index (χ0n) is 16.9. The molecule has 0 radical (unpaired) electrons. The number of halogens is 2. The van der Waals surface area contributed by atoms with E-state index in [0.717, 1.165) is 23.7 Å². The van der Waals surface area contributed by atoms with E-state index in [-0.39, 0.29) is 24.4 Å². The molecule has 1 atom stereocenters. The van der Waals surface area contributed by atoms with Crippen LogP contribution in [0.15, 0.2) is 48.5 Å². The third-order valence-electron chi connectivity index (χ3n) is 5.21. The van der Waals surface area contributed by atoms with Gasteiger partial charge in [-0.3, -0.25) is 9.69 Å². The zero-order chi connectivity index (χ0) is 19.8. The molecule has 0 aromatic heterocycles. The number of hydrogen-bond donors (Lipinski definition) is 1. The van der Waals surface area contributed by atoms with Gasteiger partial charge in [0.15, 0.2) is 0 Å². The summed E-state index contributed by atoms with van der Waals surface area (Å²) in [5.74, 6) is 0.624. The molecule has 0 saturated carbocycles. The smallest absolute Gasteiger partial charge is 0.251 e. The first-order valence-electron chi connectivity index (χ1n) is 10.2. The van der Waals surface area contributed by atoms with E-state index in [1.807, 2.05) is 43.3 Å². The highest BCUT2D eigenvalue weighted by molar-refractivity contribution is 6.31. The van der Waals surface area contributed by atoms with Crippen LogP contribution in [0.25, 0.3) is 0 Å². The van der Waals surface area contributed by atoms with Gasteiger partial charge in [0.05, 0.1) is 12.6 Å². The van der Waals surface area contributed by atoms with Crippen LogP contribution in [0.1, 0.15) is 54.6 Å². The maximum absolute atomic E-state index is 12.8. The van der Waals surface area contributed by atoms with Crippen molar-refractivity contribution in [1.29, 1.82) is 0 Å². The maximum atomic E-state index is 12.8. The van der Waals surface area contributed by atoms with E-state index in [1.165, 1.54) is 25.7 Å². The van der Waals surface area contributed by atoms with Gasteiger partial charge in [-0.1, -0.05) is 48.7 Å². The summed E-state index contributed by atoms with van der Waals surface area (Å²) in [5.41, 5.74) is 1.69. The highest BCUT2D eigenvalue weighted by atomic mass is 35.5. The lowest BCUT2D eigenvalue weighted by atomic mass is 10.0. The van der Waals surface area contributed by atoms with Crippen LogP contribution >= 0.6 is 24.0 Å². The van der Waals surface area contributed by atoms with Gasteiger partial charge in [0.2, 0.25) is 0 Å². The Kier molecular flexibility index (Phi) is 9.79. The normalized spacial score (nSPS) is 15.7. The highest BCUT2D eigenvalue weighted by Gasteiger charge is 2.24. The van der Waals surface area contributed by atoms with Gasteiger partial charge < -0.3 is 10.1 Å². The summed E-state index contributed by atoms with van der Waals surface area (Å²) >= 11 is 6.51. The van der Waals surface area contributed by atoms with Crippen molar-refractivity contribution in [3.05, 3.63) is 64.7 Å². The SMILES string of the molecule is CCOc1cccc(C(=O)NCC(c2ccccc2Cl)N2CCCCCC2)c1.Cl. The van der Waals surface area contributed by atoms with Gasteiger partial charge in [-0.25, -0.2) is 0 Å². The predicted octanol–water partition coefficient (Wildman–Crippen LogP) is 5.51. The van der Waals surface area contributed by atoms with Crippen molar-refractivity contribution in [2.24, 2.45) is 0 Å². The lowest BCUT2D eigenvalue weighted by Crippen LogP contribution is -2.38. The molecule has 6 heteroatoms. The quantitative estimate of drug-likeness (QED) is 0.621. The summed E-state index contributed by atoms with van der Waals surface area (Å²) in [5, 5.41) is 3.87. The van der Waals surface area contributed by atoms with E-state index < -0.39 is 0 Å². The molecule has 1 saturated heterocycles. The lowest BCUT2D eigenvalue weighted by Gasteiger charge is -2.31. The zero-order valence-corrected chi connectivity index (χ0v) is 18.5. The fourth-order valence-corrected chi connectivity index (χ4v) is 4.03. The molecular formula is C23H30Cl2N2O2. The highest BCUT2D eigenvalue weighted by Crippen LogP contribution is 2.29. The summed E-state index contributed by atoms with van der Waals surface area (Å²) in [6.07, 6.45) is 4.90. The van der Waals surface area contributed by atoms with E-state index in [9.17, 15) is 4.79 Å². The molecule has 158 valence electrons. The van der Waals surface area contributed by atoms with Crippen molar-refractivity contribution >= 4 is 29.9 Å². The molecule has 2 aromatic carbocycles. The Bertz CT molecular complexity index is 777. The van der Waals surface area contributed by atoms with E-state index >= 15 is 0 Å². The molecule has 2 aromatic rings. The molecule has 1 fully saturated rings. The van der Waals surface area contributed by atoms with Gasteiger partial charge >= 0.3 is 0 Å². The maximum Gasteiger partial charge on any atom is 0.251 e. The minimum absolute atomic E-state index is 0. The first-order valence-corrected chi connectivity index (χ1v) is 10.6. The van der Waals surface area contributed by atoms with Gasteiger partial charge in [-0.05, 0) is 62.7 Å². The average Bonchev–Trinajstić information content (AvgIpc) is 2.99. The van der Waals surface area contributed by atoms with Crippen molar-refractivity contribution in [3.8, 4) is 5.75 Å². The molecule has 1 aliphatic heterocycles. The number of carbonyl (C=O) groups is 1. The summed E-state index contributed by atoms with van der Waals surface area (Å²) in [6, 6.07) is 15.3. The van der Waals surface area contributed by atoms with Crippen molar-refractivity contribution in [3.63, 3.8) is 0 Å². The van der Waals surface area contributed by atoms with Crippen LogP contribution in [0.5, 0.6) is 5.75 Å². The van der Waals surface area contributed by atoms with E-state index in [2.05, 4.69) is 16.3 Å². The summed E-state index contributed by atoms with van der Waals surface area (Å²) < 4.78 is 5.51. The molecule has 29 heavy (non-hydrogen) atoms. The minimum Gasteiger partial charge on any atom is -0.494 e. The molecule has 1 unspecified atom stereocenters. The second kappa shape index (κ2) is 12.1. The third-order valence-corrected chi connectivity index (χ3v) is 5.55. The molecule has 4 nitrogen and oxygen atoms in total. The largest absolute Gasteiger partial charge is 0.494 e. The number of ether oxygens (including phenoxy) is 1. The van der Waals surface area contributed by atoms with Gasteiger partial charge in [-0.2, -0.15) is 0 Å². The second-order valence-corrected chi connectivity index (χ2v) is 7.57. The first-order chi connectivity index (χ1) is 13.7. The first kappa shape index (κ1) is 23.5. The molecule has 1 heterocycles. The summed E-state index contributed by atoms with van der Waals surface area (Å²) in [7, 11) is 0. The fraction of sp³-hybridized carbons (Fsp3) is 0.435. The van der Waals surface area contributed by atoms with E-state index in [1.54, 1.807) is 6.07 Å². The van der Waals surface area contributed by atoms with Crippen LogP contribution in [-0.2, 0) is 0 Å². The Morgan fingerprint density at radius 1 is 1.10 bits per heavy atom. The van der Waals surface area contributed by atoms with E-state index in [0.29, 0.717) is 24.5 Å². The number of amides is 1. The van der Waals surface area contributed by atoms with E-state index in [4.69, 9.17) is 16.3 Å². The number of rotatable bonds is 7. The Morgan fingerprint density at radius 2 is 1.83 bits per heavy atom. The Morgan fingerprint density at radius 3 is 2.52 bits per heavy atom. The molecule has 3 rings (SSSR count). The third kappa shape index (κ3) is 6.63. The van der Waals surface area contributed by atoms with Crippen LogP contribution < -0.4 is 10.1 Å². The van der Waals surface area contributed by atoms with Gasteiger partial charge in [0, 0.05) is 17.1 Å². The summed E-state index contributed by atoms with van der Waals surface area (Å²) in [6.45, 7) is 5.11. The minimum atomic E-state index is -0.0894. The predicted molar refractivity (Wildman–Crippen MR) is 121 cm³/mol. The van der Waals surface area contributed by atoms with Gasteiger partial charge in [0.1, 0.15) is 5.75 Å². The van der Waals surface area contributed by atoms with Crippen molar-refractivity contribution in [2.75, 3.05) is 26.2 Å². The van der Waals surface area contributed by atoms with Crippen LogP contribution in [0.4, 0.5) is 0 Å². The molecule has 1 N–H and O–H groups in total. The van der Waals surface area contributed by atoms with Crippen LogP contribution in [0.2, 0.25) is 5.02 Å². The van der Waals surface area contributed by atoms with Gasteiger partial charge in [-0.15, -0.1) is 12.4 Å². The second-order valence-electron chi connectivity index (χ2n) is 7.16. The summed E-state index contributed by atoms with van der Waals surface area (Å²) in [4.78, 5) is 15.2. The Hall–Kier alpha value is -1.75. The monoisotopic (exact) mass is 436 g/mol. The van der Waals surface area contributed by atoms with Crippen molar-refractivity contribution in [2.45, 2.75) is 38.6 Å². The number of hydrogen-bond acceptors (Lipinski definition) is 3. The van der Waals surface area contributed by atoms with Crippen molar-refractivity contribution in [1.82, 2.24) is 10.2 Å². The lowest BCUT2D eigenvalue weighted by molar-refractivity contribution is 0.0932. The van der Waals surface area contributed by atoms with Crippen LogP contribution in [0, 0.1) is 0 Å². The standard InChI is InChI=1S/C23H29ClN2O2.ClH/c1-2-28-19-11-9-10-18(16-19)23(27)25-17-22(20-12-5-6-13-21(20)24)26-14-7-3-4-8-15-26;/h5-6,9-13,16,22H,2-4,7-8,14-15,17H2,1H3,(H,25,27);1H. The number of carbonyl (C=O) groups excluding carboxylic acids is 1. The number of nitrogens with zero attached hydrogens (tertiary/aromatic N) is 1. The molecule has 0 spiro atoms. The molecule has 1 aliphatic rings. The van der Waals surface area contributed by atoms with Crippen LogP contribution in [0.3, 0.4) is 0 Å². The molecule has 1 amide bonds. The Labute approximate surface area is 185 Å². The number of nitrogens with one attached hydrogen (secondary N) is 1. The molecular weight excluding hydrogens is 407 g/mol. The molecule has 0 aliphatic carbocycles. The van der Waals surface area contributed by atoms with Gasteiger partial charge in [0.25, 0.3) is 5.91 Å². The van der Waals surface area contributed by atoms with Crippen LogP contribution in [-0.4, -0.2) is 37.0 Å². The topological polar surface area (TPSA) is 41.6 Å².